The molecule has 1 aromatic rings. The van der Waals surface area contributed by atoms with E-state index in [0.717, 1.165) is 19.3 Å². The van der Waals surface area contributed by atoms with Crippen molar-refractivity contribution in [1.29, 1.82) is 0 Å². The third-order valence-corrected chi connectivity index (χ3v) is 8.71. The summed E-state index contributed by atoms with van der Waals surface area (Å²) < 4.78 is 54.4. The molecule has 7 nitrogen and oxygen atoms in total. The summed E-state index contributed by atoms with van der Waals surface area (Å²) >= 11 is 0. The highest BCUT2D eigenvalue weighted by Crippen LogP contribution is 2.25. The second kappa shape index (κ2) is 7.32. The van der Waals surface area contributed by atoms with Crippen LogP contribution in [0.3, 0.4) is 0 Å². The number of rotatable bonds is 4. The number of sulfonamides is 2. The fourth-order valence-electron chi connectivity index (χ4n) is 3.36. The highest BCUT2D eigenvalue weighted by atomic mass is 32.2. The van der Waals surface area contributed by atoms with Crippen LogP contribution in [-0.2, 0) is 20.0 Å². The molecule has 0 amide bonds. The highest BCUT2D eigenvalue weighted by molar-refractivity contribution is 7.90. The van der Waals surface area contributed by atoms with Crippen LogP contribution in [0, 0.1) is 0 Å². The molecule has 0 bridgehead atoms. The second-order valence-electron chi connectivity index (χ2n) is 6.61. The Morgan fingerprint density at radius 1 is 0.960 bits per heavy atom. The van der Waals surface area contributed by atoms with E-state index in [2.05, 4.69) is 5.32 Å². The molecule has 25 heavy (non-hydrogen) atoms. The molecule has 2 aliphatic heterocycles. The Balaban J connectivity index is 1.93. The summed E-state index contributed by atoms with van der Waals surface area (Å²) in [7, 11) is -7.37. The zero-order valence-electron chi connectivity index (χ0n) is 14.4. The van der Waals surface area contributed by atoms with Crippen molar-refractivity contribution < 1.29 is 16.8 Å². The fraction of sp³-hybridized carbons (Fsp3) is 0.625. The van der Waals surface area contributed by atoms with E-state index in [1.165, 1.54) is 32.9 Å². The molecule has 0 aromatic heterocycles. The van der Waals surface area contributed by atoms with Gasteiger partial charge >= 0.3 is 0 Å². The Kier molecular flexibility index (Phi) is 5.50. The first-order valence-corrected chi connectivity index (χ1v) is 11.5. The number of nitrogens with one attached hydrogen (secondary N) is 1. The van der Waals surface area contributed by atoms with Crippen molar-refractivity contribution in [3.8, 4) is 0 Å². The molecule has 0 radical (unpaired) electrons. The molecule has 2 aliphatic rings. The minimum Gasteiger partial charge on any atom is -0.314 e. The third-order valence-electron chi connectivity index (χ3n) is 4.81. The Labute approximate surface area is 150 Å². The van der Waals surface area contributed by atoms with Gasteiger partial charge in [-0.2, -0.15) is 8.61 Å². The van der Waals surface area contributed by atoms with E-state index in [0.29, 0.717) is 32.7 Å². The Hall–Kier alpha value is -1.00. The zero-order chi connectivity index (χ0) is 18.1. The largest absolute Gasteiger partial charge is 0.314 e. The van der Waals surface area contributed by atoms with Crippen LogP contribution in [0.2, 0.25) is 0 Å². The maximum Gasteiger partial charge on any atom is 0.243 e. The van der Waals surface area contributed by atoms with Crippen molar-refractivity contribution in [3.63, 3.8) is 0 Å². The predicted molar refractivity (Wildman–Crippen MR) is 95.3 cm³/mol. The third kappa shape index (κ3) is 3.75. The van der Waals surface area contributed by atoms with E-state index in [1.807, 2.05) is 6.92 Å². The van der Waals surface area contributed by atoms with Crippen LogP contribution in [0.1, 0.15) is 26.2 Å². The minimum absolute atomic E-state index is 0.0411. The lowest BCUT2D eigenvalue weighted by Crippen LogP contribution is -2.52. The van der Waals surface area contributed by atoms with Crippen LogP contribution in [-0.4, -0.2) is 64.2 Å². The number of piperidine rings is 1. The van der Waals surface area contributed by atoms with Crippen LogP contribution in [0.25, 0.3) is 0 Å². The molecule has 1 aromatic carbocycles. The topological polar surface area (TPSA) is 86.8 Å². The van der Waals surface area contributed by atoms with Crippen LogP contribution < -0.4 is 5.32 Å². The van der Waals surface area contributed by atoms with Crippen molar-refractivity contribution in [2.45, 2.75) is 42.0 Å². The fourth-order valence-corrected chi connectivity index (χ4v) is 6.68. The SMILES string of the molecule is CC1CNCCN1S(=O)(=O)c1cccc(S(=O)(=O)N2CCCCC2)c1. The summed E-state index contributed by atoms with van der Waals surface area (Å²) in [5.74, 6) is 0. The molecule has 0 aliphatic carbocycles. The molecule has 140 valence electrons. The number of piperazine rings is 1. The Morgan fingerprint density at radius 3 is 2.24 bits per heavy atom. The smallest absolute Gasteiger partial charge is 0.243 e. The summed E-state index contributed by atoms with van der Waals surface area (Å²) in [5.41, 5.74) is 0. The number of hydrogen-bond acceptors (Lipinski definition) is 5. The van der Waals surface area contributed by atoms with Gasteiger partial charge in [0.05, 0.1) is 9.79 Å². The summed E-state index contributed by atoms with van der Waals surface area (Å²) in [6, 6.07) is 5.59. The number of hydrogen-bond donors (Lipinski definition) is 1. The molecule has 0 saturated carbocycles. The van der Waals surface area contributed by atoms with Crippen LogP contribution in [0.4, 0.5) is 0 Å². The summed E-state index contributed by atoms with van der Waals surface area (Å²) in [6.07, 6.45) is 2.71. The van der Waals surface area contributed by atoms with E-state index in [1.54, 1.807) is 0 Å². The lowest BCUT2D eigenvalue weighted by molar-refractivity contribution is 0.284. The predicted octanol–water partition coefficient (Wildman–Crippen LogP) is 0.844. The molecule has 1 unspecified atom stereocenters. The van der Waals surface area contributed by atoms with Gasteiger partial charge in [0, 0.05) is 38.8 Å². The van der Waals surface area contributed by atoms with Gasteiger partial charge in [-0.15, -0.1) is 0 Å². The summed E-state index contributed by atoms with van der Waals surface area (Å²) in [5, 5.41) is 3.16. The average molecular weight is 388 g/mol. The molecule has 2 fully saturated rings. The van der Waals surface area contributed by atoms with Gasteiger partial charge < -0.3 is 5.32 Å². The van der Waals surface area contributed by atoms with Crippen LogP contribution >= 0.6 is 0 Å². The normalized spacial score (nSPS) is 24.3. The van der Waals surface area contributed by atoms with Gasteiger partial charge in [0.2, 0.25) is 20.0 Å². The average Bonchev–Trinajstić information content (AvgIpc) is 2.63. The van der Waals surface area contributed by atoms with Gasteiger partial charge in [0.15, 0.2) is 0 Å². The second-order valence-corrected chi connectivity index (χ2v) is 10.4. The Bertz CT molecular complexity index is 818. The first-order valence-electron chi connectivity index (χ1n) is 8.66. The van der Waals surface area contributed by atoms with E-state index in [9.17, 15) is 16.8 Å². The van der Waals surface area contributed by atoms with E-state index in [4.69, 9.17) is 0 Å². The molecule has 2 heterocycles. The first-order chi connectivity index (χ1) is 11.8. The van der Waals surface area contributed by atoms with Gasteiger partial charge in [-0.1, -0.05) is 12.5 Å². The highest BCUT2D eigenvalue weighted by Gasteiger charge is 2.32. The van der Waals surface area contributed by atoms with Crippen molar-refractivity contribution in [2.75, 3.05) is 32.7 Å². The van der Waals surface area contributed by atoms with Gasteiger partial charge in [-0.05, 0) is 38.0 Å². The van der Waals surface area contributed by atoms with E-state index >= 15 is 0 Å². The quantitative estimate of drug-likeness (QED) is 0.827. The standard InChI is InChI=1S/C16H25N3O4S2/c1-14-13-17-8-11-19(14)25(22,23)16-7-5-6-15(12-16)24(20,21)18-9-3-2-4-10-18/h5-7,12,14,17H,2-4,8-11,13H2,1H3. The molecule has 3 rings (SSSR count). The van der Waals surface area contributed by atoms with Crippen LogP contribution in [0.5, 0.6) is 0 Å². The van der Waals surface area contributed by atoms with Crippen LogP contribution in [0.15, 0.2) is 34.1 Å². The maximum atomic E-state index is 12.9. The summed E-state index contributed by atoms with van der Waals surface area (Å²) in [4.78, 5) is 0.0950. The summed E-state index contributed by atoms with van der Waals surface area (Å²) in [6.45, 7) is 4.40. The Morgan fingerprint density at radius 2 is 1.60 bits per heavy atom. The molecule has 9 heteroatoms. The van der Waals surface area contributed by atoms with E-state index < -0.39 is 20.0 Å². The van der Waals surface area contributed by atoms with Crippen molar-refractivity contribution in [2.24, 2.45) is 0 Å². The lowest BCUT2D eigenvalue weighted by atomic mass is 10.2. The number of nitrogens with zero attached hydrogens (tertiary/aromatic N) is 2. The molecule has 1 atom stereocenters. The monoisotopic (exact) mass is 387 g/mol. The lowest BCUT2D eigenvalue weighted by Gasteiger charge is -2.33. The molecule has 0 spiro atoms. The minimum atomic E-state index is -3.71. The van der Waals surface area contributed by atoms with Crippen molar-refractivity contribution in [1.82, 2.24) is 13.9 Å². The van der Waals surface area contributed by atoms with Gasteiger partial charge in [0.25, 0.3) is 0 Å². The molecular weight excluding hydrogens is 362 g/mol. The molecule has 1 N–H and O–H groups in total. The van der Waals surface area contributed by atoms with Gasteiger partial charge in [-0.25, -0.2) is 16.8 Å². The molecular formula is C16H25N3O4S2. The first kappa shape index (κ1) is 18.8. The zero-order valence-corrected chi connectivity index (χ0v) is 16.0. The van der Waals surface area contributed by atoms with Gasteiger partial charge in [0.1, 0.15) is 0 Å². The number of benzene rings is 1. The van der Waals surface area contributed by atoms with Crippen molar-refractivity contribution in [3.05, 3.63) is 24.3 Å². The maximum absolute atomic E-state index is 12.9. The molecule has 2 saturated heterocycles. The van der Waals surface area contributed by atoms with Gasteiger partial charge in [-0.3, -0.25) is 0 Å². The van der Waals surface area contributed by atoms with Crippen molar-refractivity contribution >= 4 is 20.0 Å². The van der Waals surface area contributed by atoms with E-state index in [-0.39, 0.29) is 15.8 Å².